The summed E-state index contributed by atoms with van der Waals surface area (Å²) in [6, 6.07) is 9.61. The monoisotopic (exact) mass is 372 g/mol. The van der Waals surface area contributed by atoms with Crippen LogP contribution in [0.25, 0.3) is 0 Å². The average molecular weight is 372 g/mol. The molecule has 2 heterocycles. The van der Waals surface area contributed by atoms with Gasteiger partial charge in [0, 0.05) is 26.2 Å². The first kappa shape index (κ1) is 18.6. The first-order valence-electron chi connectivity index (χ1n) is 8.77. The fourth-order valence-corrected chi connectivity index (χ4v) is 2.78. The van der Waals surface area contributed by atoms with Crippen LogP contribution in [0.3, 0.4) is 0 Å². The summed E-state index contributed by atoms with van der Waals surface area (Å²) >= 11 is 0. The van der Waals surface area contributed by atoms with Crippen molar-refractivity contribution in [1.82, 2.24) is 14.8 Å². The normalized spacial score (nSPS) is 14.0. The van der Waals surface area contributed by atoms with Crippen LogP contribution < -0.4 is 5.32 Å². The number of pyridine rings is 1. The molecule has 0 unspecified atom stereocenters. The zero-order chi connectivity index (χ0) is 19.2. The lowest BCUT2D eigenvalue weighted by Crippen LogP contribution is -2.50. The Labute approximate surface area is 156 Å². The molecule has 1 saturated heterocycles. The molecule has 0 aliphatic carbocycles. The van der Waals surface area contributed by atoms with Crippen LogP contribution in [0.15, 0.2) is 42.6 Å². The van der Waals surface area contributed by atoms with Crippen molar-refractivity contribution in [3.8, 4) is 0 Å². The lowest BCUT2D eigenvalue weighted by molar-refractivity contribution is 0.0566. The summed E-state index contributed by atoms with van der Waals surface area (Å²) in [7, 11) is 0. The summed E-state index contributed by atoms with van der Waals surface area (Å²) in [6.07, 6.45) is 1.14. The molecule has 7 nitrogen and oxygen atoms in total. The fraction of sp³-hybridized carbons (Fsp3) is 0.316. The van der Waals surface area contributed by atoms with Crippen LogP contribution in [-0.2, 0) is 4.74 Å². The van der Waals surface area contributed by atoms with E-state index in [4.69, 9.17) is 4.74 Å². The number of hydrogen-bond acceptors (Lipinski definition) is 5. The zero-order valence-electron chi connectivity index (χ0n) is 15.0. The largest absolute Gasteiger partial charge is 0.450 e. The van der Waals surface area contributed by atoms with Gasteiger partial charge in [0.15, 0.2) is 0 Å². The number of para-hydroxylation sites is 1. The molecule has 1 aromatic carbocycles. The van der Waals surface area contributed by atoms with Gasteiger partial charge in [-0.3, -0.25) is 4.79 Å². The van der Waals surface area contributed by atoms with E-state index in [0.29, 0.717) is 49.9 Å². The summed E-state index contributed by atoms with van der Waals surface area (Å²) < 4.78 is 18.7. The molecule has 1 aliphatic rings. The third kappa shape index (κ3) is 4.52. The number of carbonyl (C=O) groups is 2. The minimum atomic E-state index is -0.364. The van der Waals surface area contributed by atoms with Crippen LogP contribution in [0.1, 0.15) is 17.4 Å². The van der Waals surface area contributed by atoms with Crippen molar-refractivity contribution in [2.45, 2.75) is 6.92 Å². The van der Waals surface area contributed by atoms with Crippen molar-refractivity contribution in [3.05, 3.63) is 54.1 Å². The highest BCUT2D eigenvalue weighted by atomic mass is 19.1. The molecule has 27 heavy (non-hydrogen) atoms. The number of halogens is 1. The minimum Gasteiger partial charge on any atom is -0.450 e. The van der Waals surface area contributed by atoms with Crippen LogP contribution in [0.5, 0.6) is 0 Å². The lowest BCUT2D eigenvalue weighted by atomic mass is 10.2. The van der Waals surface area contributed by atoms with Crippen molar-refractivity contribution in [2.75, 3.05) is 38.1 Å². The molecule has 0 spiro atoms. The number of nitrogens with one attached hydrogen (secondary N) is 1. The topological polar surface area (TPSA) is 74.8 Å². The average Bonchev–Trinajstić information content (AvgIpc) is 2.70. The minimum absolute atomic E-state index is 0.198. The Hall–Kier alpha value is -3.16. The third-order valence-corrected chi connectivity index (χ3v) is 4.23. The van der Waals surface area contributed by atoms with Gasteiger partial charge in [-0.15, -0.1) is 0 Å². The van der Waals surface area contributed by atoms with Crippen LogP contribution in [0.2, 0.25) is 0 Å². The molecule has 0 saturated carbocycles. The van der Waals surface area contributed by atoms with Crippen molar-refractivity contribution in [3.63, 3.8) is 0 Å². The molecule has 8 heteroatoms. The Balaban J connectivity index is 1.58. The number of carbonyl (C=O) groups excluding carboxylic acids is 2. The van der Waals surface area contributed by atoms with E-state index in [1.165, 1.54) is 12.3 Å². The molecule has 142 valence electrons. The van der Waals surface area contributed by atoms with Crippen molar-refractivity contribution in [2.24, 2.45) is 0 Å². The highest BCUT2D eigenvalue weighted by Gasteiger charge is 2.26. The van der Waals surface area contributed by atoms with E-state index >= 15 is 0 Å². The number of anilines is 2. The highest BCUT2D eigenvalue weighted by Crippen LogP contribution is 2.19. The summed E-state index contributed by atoms with van der Waals surface area (Å²) in [6.45, 7) is 3.79. The van der Waals surface area contributed by atoms with Crippen molar-refractivity contribution < 1.29 is 18.7 Å². The number of aromatic nitrogens is 1. The Kier molecular flexibility index (Phi) is 5.85. The van der Waals surface area contributed by atoms with Gasteiger partial charge in [-0.25, -0.2) is 14.2 Å². The molecule has 0 radical (unpaired) electrons. The molecule has 1 aliphatic heterocycles. The van der Waals surface area contributed by atoms with Gasteiger partial charge in [-0.05, 0) is 31.2 Å². The summed E-state index contributed by atoms with van der Waals surface area (Å²) in [5.74, 6) is -0.562. The van der Waals surface area contributed by atoms with Gasteiger partial charge >= 0.3 is 6.09 Å². The van der Waals surface area contributed by atoms with E-state index in [9.17, 15) is 14.0 Å². The van der Waals surface area contributed by atoms with Crippen LogP contribution >= 0.6 is 0 Å². The van der Waals surface area contributed by atoms with Gasteiger partial charge in [0.25, 0.3) is 5.91 Å². The molecule has 3 rings (SSSR count). The molecule has 1 N–H and O–H groups in total. The second kappa shape index (κ2) is 8.48. The van der Waals surface area contributed by atoms with Gasteiger partial charge < -0.3 is 19.9 Å². The number of hydrogen-bond donors (Lipinski definition) is 1. The Morgan fingerprint density at radius 2 is 1.81 bits per heavy atom. The summed E-state index contributed by atoms with van der Waals surface area (Å²) in [5, 5.41) is 2.93. The Morgan fingerprint density at radius 3 is 2.44 bits per heavy atom. The molecule has 1 aromatic heterocycles. The summed E-state index contributed by atoms with van der Waals surface area (Å²) in [5.41, 5.74) is 1.23. The Morgan fingerprint density at radius 1 is 1.11 bits per heavy atom. The van der Waals surface area contributed by atoms with Crippen LogP contribution in [0.4, 0.5) is 20.6 Å². The van der Waals surface area contributed by atoms with Crippen LogP contribution in [0, 0.1) is 5.82 Å². The molecule has 1 fully saturated rings. The van der Waals surface area contributed by atoms with Gasteiger partial charge in [-0.2, -0.15) is 0 Å². The standard InChI is InChI=1S/C19H21FN4O3/c1-2-27-19(26)24-11-9-23(10-12-24)18(25)17-8-7-14(13-21-17)22-16-6-4-3-5-15(16)20/h3-8,13,22H,2,9-12H2,1H3. The van der Waals surface area contributed by atoms with E-state index in [2.05, 4.69) is 10.3 Å². The number of ether oxygens (including phenoxy) is 1. The SMILES string of the molecule is CCOC(=O)N1CCN(C(=O)c2ccc(Nc3ccccc3F)cn2)CC1. The predicted octanol–water partition coefficient (Wildman–Crippen LogP) is 2.88. The Bertz CT molecular complexity index is 805. The van der Waals surface area contributed by atoms with Gasteiger partial charge in [-0.1, -0.05) is 12.1 Å². The van der Waals surface area contributed by atoms with E-state index in [-0.39, 0.29) is 17.8 Å². The van der Waals surface area contributed by atoms with E-state index in [1.807, 2.05) is 0 Å². The van der Waals surface area contributed by atoms with Crippen LogP contribution in [-0.4, -0.2) is 59.6 Å². The third-order valence-electron chi connectivity index (χ3n) is 4.23. The first-order valence-corrected chi connectivity index (χ1v) is 8.77. The second-order valence-electron chi connectivity index (χ2n) is 6.02. The maximum absolute atomic E-state index is 13.7. The second-order valence-corrected chi connectivity index (χ2v) is 6.02. The van der Waals surface area contributed by atoms with Crippen molar-refractivity contribution >= 4 is 23.4 Å². The first-order chi connectivity index (χ1) is 13.1. The molecule has 0 atom stereocenters. The maximum atomic E-state index is 13.7. The predicted molar refractivity (Wildman–Crippen MR) is 98.4 cm³/mol. The molecule has 0 bridgehead atoms. The summed E-state index contributed by atoms with van der Waals surface area (Å²) in [4.78, 5) is 31.7. The van der Waals surface area contributed by atoms with Gasteiger partial charge in [0.1, 0.15) is 11.5 Å². The molecule has 2 aromatic rings. The highest BCUT2D eigenvalue weighted by molar-refractivity contribution is 5.92. The van der Waals surface area contributed by atoms with Gasteiger partial charge in [0.2, 0.25) is 0 Å². The molecule has 2 amide bonds. The lowest BCUT2D eigenvalue weighted by Gasteiger charge is -2.33. The number of amides is 2. The number of piperazine rings is 1. The maximum Gasteiger partial charge on any atom is 0.409 e. The van der Waals surface area contributed by atoms with Crippen molar-refractivity contribution in [1.29, 1.82) is 0 Å². The number of benzene rings is 1. The number of rotatable bonds is 4. The quantitative estimate of drug-likeness (QED) is 0.893. The number of nitrogens with zero attached hydrogens (tertiary/aromatic N) is 3. The zero-order valence-corrected chi connectivity index (χ0v) is 15.0. The van der Waals surface area contributed by atoms with E-state index in [0.717, 1.165) is 0 Å². The van der Waals surface area contributed by atoms with E-state index in [1.54, 1.807) is 47.1 Å². The smallest absolute Gasteiger partial charge is 0.409 e. The molecular formula is C19H21FN4O3. The van der Waals surface area contributed by atoms with E-state index < -0.39 is 0 Å². The van der Waals surface area contributed by atoms with Gasteiger partial charge in [0.05, 0.1) is 24.2 Å². The molecular weight excluding hydrogens is 351 g/mol. The fourth-order valence-electron chi connectivity index (χ4n) is 2.78.